The van der Waals surface area contributed by atoms with Gasteiger partial charge in [-0.2, -0.15) is 0 Å². The van der Waals surface area contributed by atoms with Gasteiger partial charge in [0, 0.05) is 36.9 Å². The van der Waals surface area contributed by atoms with E-state index in [9.17, 15) is 4.79 Å². The summed E-state index contributed by atoms with van der Waals surface area (Å²) in [5, 5.41) is 0. The first-order valence-corrected chi connectivity index (χ1v) is 8.40. The van der Waals surface area contributed by atoms with Gasteiger partial charge >= 0.3 is 0 Å². The van der Waals surface area contributed by atoms with Crippen molar-refractivity contribution in [3.63, 3.8) is 0 Å². The second kappa shape index (κ2) is 6.20. The molecular weight excluding hydrogens is 286 g/mol. The van der Waals surface area contributed by atoms with Crippen LogP contribution in [0.1, 0.15) is 41.6 Å². The van der Waals surface area contributed by atoms with Crippen LogP contribution in [0.5, 0.6) is 0 Å². The van der Waals surface area contributed by atoms with Crippen molar-refractivity contribution in [2.75, 3.05) is 0 Å². The third kappa shape index (κ3) is 2.91. The van der Waals surface area contributed by atoms with Crippen molar-refractivity contribution in [1.82, 2.24) is 14.9 Å². The Morgan fingerprint density at radius 3 is 2.35 bits per heavy atom. The lowest BCUT2D eigenvalue weighted by atomic mass is 9.85. The van der Waals surface area contributed by atoms with Gasteiger partial charge in [-0.05, 0) is 31.2 Å². The van der Waals surface area contributed by atoms with Crippen molar-refractivity contribution < 1.29 is 4.79 Å². The maximum absolute atomic E-state index is 12.7. The Labute approximate surface area is 136 Å². The minimum Gasteiger partial charge on any atom is -0.294 e. The Balaban J connectivity index is 1.46. The molecule has 2 atom stereocenters. The minimum atomic E-state index is 0.130. The molecule has 2 aliphatic rings. The van der Waals surface area contributed by atoms with E-state index in [4.69, 9.17) is 0 Å². The van der Waals surface area contributed by atoms with Gasteiger partial charge in [0.25, 0.3) is 0 Å². The van der Waals surface area contributed by atoms with Crippen LogP contribution in [0, 0.1) is 5.92 Å². The molecule has 2 unspecified atom stereocenters. The maximum atomic E-state index is 12.7. The van der Waals surface area contributed by atoms with Crippen molar-refractivity contribution in [3.05, 3.63) is 60.2 Å². The van der Waals surface area contributed by atoms with Crippen LogP contribution in [-0.4, -0.2) is 32.7 Å². The Hall–Kier alpha value is -2.07. The predicted octanol–water partition coefficient (Wildman–Crippen LogP) is 3.10. The Kier molecular flexibility index (Phi) is 3.92. The number of rotatable bonds is 4. The number of fused-ring (bicyclic) bond motifs is 2. The van der Waals surface area contributed by atoms with E-state index in [-0.39, 0.29) is 11.7 Å². The lowest BCUT2D eigenvalue weighted by Crippen LogP contribution is -2.44. The van der Waals surface area contributed by atoms with Crippen LogP contribution in [0.2, 0.25) is 0 Å². The molecule has 4 heteroatoms. The van der Waals surface area contributed by atoms with Gasteiger partial charge in [-0.25, -0.2) is 9.97 Å². The summed E-state index contributed by atoms with van der Waals surface area (Å²) in [4.78, 5) is 23.3. The topological polar surface area (TPSA) is 46.1 Å². The van der Waals surface area contributed by atoms with Gasteiger partial charge in [-0.15, -0.1) is 0 Å². The molecular formula is C19H21N3O. The van der Waals surface area contributed by atoms with E-state index in [1.165, 1.54) is 24.7 Å². The molecule has 0 radical (unpaired) electrons. The van der Waals surface area contributed by atoms with E-state index in [2.05, 4.69) is 45.2 Å². The fourth-order valence-corrected chi connectivity index (χ4v) is 4.20. The van der Waals surface area contributed by atoms with Crippen molar-refractivity contribution >= 4 is 5.78 Å². The second-order valence-corrected chi connectivity index (χ2v) is 6.70. The fraction of sp³-hybridized carbons (Fsp3) is 0.421. The van der Waals surface area contributed by atoms with E-state index >= 15 is 0 Å². The number of hydrogen-bond donors (Lipinski definition) is 0. The maximum Gasteiger partial charge on any atom is 0.169 e. The molecule has 1 aromatic heterocycles. The molecule has 3 heterocycles. The van der Waals surface area contributed by atoms with E-state index in [0.717, 1.165) is 19.4 Å². The number of nitrogens with zero attached hydrogens (tertiary/aromatic N) is 3. The number of hydrogen-bond acceptors (Lipinski definition) is 4. The number of piperidine rings is 1. The molecule has 23 heavy (non-hydrogen) atoms. The zero-order valence-electron chi connectivity index (χ0n) is 13.1. The van der Waals surface area contributed by atoms with Gasteiger partial charge in [0.15, 0.2) is 5.78 Å². The smallest absolute Gasteiger partial charge is 0.169 e. The molecule has 0 spiro atoms. The van der Waals surface area contributed by atoms with Crippen LogP contribution < -0.4 is 0 Å². The summed E-state index contributed by atoms with van der Waals surface area (Å²) in [5.74, 6) is 0.354. The van der Waals surface area contributed by atoms with Crippen LogP contribution in [0.3, 0.4) is 0 Å². The fourth-order valence-electron chi connectivity index (χ4n) is 4.20. The van der Waals surface area contributed by atoms with Gasteiger partial charge in [0.05, 0.1) is 5.56 Å². The van der Waals surface area contributed by atoms with Crippen LogP contribution >= 0.6 is 0 Å². The first-order valence-electron chi connectivity index (χ1n) is 8.40. The summed E-state index contributed by atoms with van der Waals surface area (Å²) in [6, 6.07) is 11.7. The summed E-state index contributed by atoms with van der Waals surface area (Å²) >= 11 is 0. The number of carbonyl (C=O) groups is 1. The largest absolute Gasteiger partial charge is 0.294 e. The molecule has 2 fully saturated rings. The standard InChI is InChI=1S/C19H21N3O/c23-19(16-10-20-13-21-11-16)15-8-17-6-7-18(9-15)22(17)12-14-4-2-1-3-5-14/h1-5,10-11,13,15,17-18H,6-9,12H2. The molecule has 0 amide bonds. The van der Waals surface area contributed by atoms with Gasteiger partial charge in [-0.3, -0.25) is 9.69 Å². The molecule has 0 N–H and O–H groups in total. The molecule has 2 saturated heterocycles. The van der Waals surface area contributed by atoms with E-state index < -0.39 is 0 Å². The monoisotopic (exact) mass is 307 g/mol. The van der Waals surface area contributed by atoms with Crippen molar-refractivity contribution in [2.24, 2.45) is 5.92 Å². The number of ketones is 1. The number of carbonyl (C=O) groups excluding carboxylic acids is 1. The summed E-state index contributed by atoms with van der Waals surface area (Å²) in [6.45, 7) is 1.01. The van der Waals surface area contributed by atoms with Gasteiger partial charge in [0.2, 0.25) is 0 Å². The Morgan fingerprint density at radius 2 is 1.70 bits per heavy atom. The molecule has 0 aliphatic carbocycles. The van der Waals surface area contributed by atoms with Crippen LogP contribution in [0.4, 0.5) is 0 Å². The average molecular weight is 307 g/mol. The third-order valence-electron chi connectivity index (χ3n) is 5.31. The SMILES string of the molecule is O=C(c1cncnc1)C1CC2CCC(C1)N2Cc1ccccc1. The van der Waals surface area contributed by atoms with Crippen molar-refractivity contribution in [1.29, 1.82) is 0 Å². The van der Waals surface area contributed by atoms with Gasteiger partial charge in [0.1, 0.15) is 6.33 Å². The van der Waals surface area contributed by atoms with Gasteiger partial charge in [-0.1, -0.05) is 30.3 Å². The molecule has 118 valence electrons. The predicted molar refractivity (Wildman–Crippen MR) is 87.9 cm³/mol. The van der Waals surface area contributed by atoms with E-state index in [1.807, 2.05) is 0 Å². The number of benzene rings is 1. The molecule has 2 bridgehead atoms. The summed E-state index contributed by atoms with van der Waals surface area (Å²) < 4.78 is 0. The quantitative estimate of drug-likeness (QED) is 0.814. The second-order valence-electron chi connectivity index (χ2n) is 6.70. The number of aromatic nitrogens is 2. The first-order chi connectivity index (χ1) is 11.3. The summed E-state index contributed by atoms with van der Waals surface area (Å²) in [7, 11) is 0. The highest BCUT2D eigenvalue weighted by Crippen LogP contribution is 2.40. The van der Waals surface area contributed by atoms with Crippen LogP contribution in [0.15, 0.2) is 49.1 Å². The highest BCUT2D eigenvalue weighted by Gasteiger charge is 2.42. The Morgan fingerprint density at radius 1 is 1.04 bits per heavy atom. The molecule has 2 aromatic rings. The highest BCUT2D eigenvalue weighted by molar-refractivity contribution is 5.97. The lowest BCUT2D eigenvalue weighted by Gasteiger charge is -2.38. The zero-order chi connectivity index (χ0) is 15.6. The molecule has 4 nitrogen and oxygen atoms in total. The minimum absolute atomic E-state index is 0.130. The molecule has 0 saturated carbocycles. The lowest BCUT2D eigenvalue weighted by molar-refractivity contribution is 0.0677. The van der Waals surface area contributed by atoms with Crippen LogP contribution in [0.25, 0.3) is 0 Å². The van der Waals surface area contributed by atoms with Crippen molar-refractivity contribution in [2.45, 2.75) is 44.3 Å². The zero-order valence-corrected chi connectivity index (χ0v) is 13.1. The molecule has 2 aliphatic heterocycles. The first kappa shape index (κ1) is 14.5. The average Bonchev–Trinajstić information content (AvgIpc) is 2.84. The van der Waals surface area contributed by atoms with Crippen molar-refractivity contribution in [3.8, 4) is 0 Å². The molecule has 1 aromatic carbocycles. The molecule has 4 rings (SSSR count). The number of Topliss-reactive ketones (excluding diaryl/α,β-unsaturated/α-hetero) is 1. The van der Waals surface area contributed by atoms with E-state index in [1.54, 1.807) is 12.4 Å². The highest BCUT2D eigenvalue weighted by atomic mass is 16.1. The normalized spacial score (nSPS) is 27.0. The Bertz CT molecular complexity index is 660. The van der Waals surface area contributed by atoms with E-state index in [0.29, 0.717) is 17.6 Å². The van der Waals surface area contributed by atoms with Crippen LogP contribution in [-0.2, 0) is 6.54 Å². The third-order valence-corrected chi connectivity index (χ3v) is 5.31. The summed E-state index contributed by atoms with van der Waals surface area (Å²) in [6.07, 6.45) is 9.14. The van der Waals surface area contributed by atoms with Gasteiger partial charge < -0.3 is 0 Å². The summed E-state index contributed by atoms with van der Waals surface area (Å²) in [5.41, 5.74) is 2.03.